The maximum absolute atomic E-state index is 9.94. The van der Waals surface area contributed by atoms with E-state index in [0.717, 1.165) is 0 Å². The molecule has 0 amide bonds. The number of carbonyl (C=O) groups is 2. The van der Waals surface area contributed by atoms with Gasteiger partial charge in [0.25, 0.3) is 0 Å². The molecule has 0 aliphatic carbocycles. The van der Waals surface area contributed by atoms with Crippen molar-refractivity contribution in [1.82, 2.24) is 0 Å². The summed E-state index contributed by atoms with van der Waals surface area (Å²) in [7, 11) is 0. The first-order chi connectivity index (χ1) is 8.07. The first-order valence-electron chi connectivity index (χ1n) is 5.91. The first kappa shape index (κ1) is 23.7. The van der Waals surface area contributed by atoms with E-state index in [9.17, 15) is 19.8 Å². The molecule has 0 aromatic heterocycles. The van der Waals surface area contributed by atoms with Crippen LogP contribution in [0.5, 0.6) is 0 Å². The molecular formula is C12H22N2O4Sn. The van der Waals surface area contributed by atoms with Crippen molar-refractivity contribution in [3.63, 3.8) is 0 Å². The van der Waals surface area contributed by atoms with Crippen molar-refractivity contribution < 1.29 is 19.8 Å². The fourth-order valence-electron chi connectivity index (χ4n) is 1.14. The summed E-state index contributed by atoms with van der Waals surface area (Å²) in [5.74, 6) is -2.04. The van der Waals surface area contributed by atoms with Gasteiger partial charge in [-0.3, -0.25) is 0 Å². The Bertz CT molecular complexity index is 234. The Morgan fingerprint density at radius 2 is 1.05 bits per heavy atom. The molecule has 0 saturated carbocycles. The predicted molar refractivity (Wildman–Crippen MR) is 70.9 cm³/mol. The third kappa shape index (κ3) is 17.7. The zero-order chi connectivity index (χ0) is 14.9. The van der Waals surface area contributed by atoms with Crippen LogP contribution in [0.25, 0.3) is 11.5 Å². The predicted octanol–water partition coefficient (Wildman–Crippen LogP) is 0.0256. The molecule has 0 radical (unpaired) electrons. The molecule has 0 saturated heterocycles. The van der Waals surface area contributed by atoms with Crippen LogP contribution >= 0.6 is 0 Å². The van der Waals surface area contributed by atoms with E-state index in [1.54, 1.807) is 0 Å². The van der Waals surface area contributed by atoms with Crippen LogP contribution in [-0.4, -0.2) is 47.9 Å². The second kappa shape index (κ2) is 12.7. The van der Waals surface area contributed by atoms with Gasteiger partial charge >= 0.3 is 23.9 Å². The molecule has 0 spiro atoms. The average molecular weight is 377 g/mol. The number of aliphatic carboxylic acids is 2. The van der Waals surface area contributed by atoms with E-state index in [2.05, 4.69) is 0 Å². The summed E-state index contributed by atoms with van der Waals surface area (Å²) in [5.41, 5.74) is 13.8. The first-order valence-corrected chi connectivity index (χ1v) is 5.91. The molecule has 0 fully saturated rings. The zero-order valence-corrected chi connectivity index (χ0v) is 14.7. The van der Waals surface area contributed by atoms with Gasteiger partial charge in [-0.15, -0.1) is 0 Å². The Hall–Kier alpha value is -0.341. The number of rotatable bonds is 6. The number of nitrogens with one attached hydrogen (secondary N) is 2. The SMILES string of the molecule is CC(C)CC([NH-])C(=O)[O-].CC(C)CC([NH-])C(=O)[O-].[Sn+4]. The van der Waals surface area contributed by atoms with Gasteiger partial charge in [-0.2, -0.15) is 0 Å². The van der Waals surface area contributed by atoms with Crippen molar-refractivity contribution in [2.75, 3.05) is 0 Å². The third-order valence-electron chi connectivity index (χ3n) is 1.98. The molecule has 0 aliphatic rings. The van der Waals surface area contributed by atoms with Gasteiger partial charge in [-0.1, -0.05) is 52.6 Å². The van der Waals surface area contributed by atoms with Crippen molar-refractivity contribution in [3.05, 3.63) is 11.5 Å². The van der Waals surface area contributed by atoms with Crippen molar-refractivity contribution in [2.45, 2.75) is 52.6 Å². The minimum atomic E-state index is -1.27. The van der Waals surface area contributed by atoms with E-state index in [0.29, 0.717) is 12.8 Å². The van der Waals surface area contributed by atoms with Crippen molar-refractivity contribution >= 4 is 35.8 Å². The van der Waals surface area contributed by atoms with Crippen LogP contribution in [0.1, 0.15) is 40.5 Å². The van der Waals surface area contributed by atoms with Crippen molar-refractivity contribution in [1.29, 1.82) is 0 Å². The molecule has 7 heteroatoms. The van der Waals surface area contributed by atoms with Crippen LogP contribution in [0.4, 0.5) is 0 Å². The maximum Gasteiger partial charge on any atom is 4.00 e. The summed E-state index contributed by atoms with van der Waals surface area (Å²) in [6.45, 7) is 7.52. The summed E-state index contributed by atoms with van der Waals surface area (Å²) < 4.78 is 0. The van der Waals surface area contributed by atoms with Gasteiger partial charge in [0.05, 0.1) is 0 Å². The third-order valence-corrected chi connectivity index (χ3v) is 1.98. The van der Waals surface area contributed by atoms with E-state index in [1.807, 2.05) is 27.7 Å². The van der Waals surface area contributed by atoms with E-state index < -0.39 is 24.0 Å². The van der Waals surface area contributed by atoms with Gasteiger partial charge in [0, 0.05) is 11.9 Å². The molecule has 19 heavy (non-hydrogen) atoms. The summed E-state index contributed by atoms with van der Waals surface area (Å²) in [6, 6.07) is -2.10. The van der Waals surface area contributed by atoms with Crippen molar-refractivity contribution in [2.24, 2.45) is 11.8 Å². The Morgan fingerprint density at radius 3 is 1.11 bits per heavy atom. The van der Waals surface area contributed by atoms with Gasteiger partial charge in [0.2, 0.25) is 0 Å². The van der Waals surface area contributed by atoms with E-state index in [1.165, 1.54) is 0 Å². The number of carboxylic acid groups (broad SMARTS) is 2. The second-order valence-electron chi connectivity index (χ2n) is 5.00. The summed E-state index contributed by atoms with van der Waals surface area (Å²) in [4.78, 5) is 19.9. The Labute approximate surface area is 131 Å². The summed E-state index contributed by atoms with van der Waals surface area (Å²) in [6.07, 6.45) is 0.755. The standard InChI is InChI=1S/2C6H12NO2.Sn/c2*1-4(2)3-5(7)6(8)9;/h2*4-5,7H,3H2,1-2H3,(H,8,9);/q2*-1;+4/p-2. The van der Waals surface area contributed by atoms with Crippen LogP contribution in [0, 0.1) is 11.8 Å². The van der Waals surface area contributed by atoms with E-state index >= 15 is 0 Å². The molecular weight excluding hydrogens is 355 g/mol. The van der Waals surface area contributed by atoms with Gasteiger partial charge in [-0.25, -0.2) is 0 Å². The monoisotopic (exact) mass is 378 g/mol. The molecule has 2 atom stereocenters. The molecule has 108 valence electrons. The molecule has 0 aliphatic heterocycles. The Kier molecular flexibility index (Phi) is 15.8. The van der Waals surface area contributed by atoms with Gasteiger partial charge < -0.3 is 31.3 Å². The number of hydrogen-bond donors (Lipinski definition) is 0. The molecule has 0 bridgehead atoms. The normalized spacial score (nSPS) is 13.1. The van der Waals surface area contributed by atoms with E-state index in [4.69, 9.17) is 11.5 Å². The minimum absolute atomic E-state index is 0. The van der Waals surface area contributed by atoms with Crippen molar-refractivity contribution in [3.8, 4) is 0 Å². The Morgan fingerprint density at radius 1 is 0.842 bits per heavy atom. The molecule has 0 rings (SSSR count). The van der Waals surface area contributed by atoms with Crippen LogP contribution in [0.3, 0.4) is 0 Å². The zero-order valence-electron chi connectivity index (χ0n) is 11.9. The molecule has 2 N–H and O–H groups in total. The summed E-state index contributed by atoms with van der Waals surface area (Å²) >= 11 is 0. The second-order valence-corrected chi connectivity index (χ2v) is 5.00. The molecule has 0 aromatic carbocycles. The minimum Gasteiger partial charge on any atom is -0.670 e. The van der Waals surface area contributed by atoms with Crippen LogP contribution in [-0.2, 0) is 9.59 Å². The van der Waals surface area contributed by atoms with Gasteiger partial charge in [0.1, 0.15) is 0 Å². The number of carboxylic acids is 2. The maximum atomic E-state index is 9.94. The fourth-order valence-corrected chi connectivity index (χ4v) is 1.14. The molecule has 0 heterocycles. The van der Waals surface area contributed by atoms with Crippen LogP contribution in [0.15, 0.2) is 0 Å². The van der Waals surface area contributed by atoms with Gasteiger partial charge in [-0.05, 0) is 11.8 Å². The Balaban J connectivity index is -0.000000256. The van der Waals surface area contributed by atoms with Crippen LogP contribution < -0.4 is 10.2 Å². The largest absolute Gasteiger partial charge is 4.00 e. The number of hydrogen-bond acceptors (Lipinski definition) is 4. The number of carbonyl (C=O) groups excluding carboxylic acids is 2. The fraction of sp³-hybridized carbons (Fsp3) is 0.833. The molecule has 2 unspecified atom stereocenters. The molecule has 6 nitrogen and oxygen atoms in total. The summed E-state index contributed by atoms with van der Waals surface area (Å²) in [5, 5.41) is 19.9. The molecule has 0 aromatic rings. The van der Waals surface area contributed by atoms with E-state index in [-0.39, 0.29) is 35.7 Å². The topological polar surface area (TPSA) is 128 Å². The van der Waals surface area contributed by atoms with Crippen LogP contribution in [0.2, 0.25) is 0 Å². The smallest absolute Gasteiger partial charge is 0.670 e. The quantitative estimate of drug-likeness (QED) is 0.605. The average Bonchev–Trinajstić information content (AvgIpc) is 2.16. The van der Waals surface area contributed by atoms with Gasteiger partial charge in [0.15, 0.2) is 0 Å².